The molecule has 98 valence electrons. The molecule has 0 aromatic carbocycles. The van der Waals surface area contributed by atoms with E-state index >= 15 is 0 Å². The molecule has 0 amide bonds. The Kier molecular flexibility index (Phi) is 5.16. The van der Waals surface area contributed by atoms with Gasteiger partial charge in [0.1, 0.15) is 6.04 Å². The highest BCUT2D eigenvalue weighted by Gasteiger charge is 2.29. The second kappa shape index (κ2) is 6.64. The number of hydrogen-bond donors (Lipinski definition) is 1. The van der Waals surface area contributed by atoms with Crippen molar-refractivity contribution in [1.82, 2.24) is 5.32 Å². The highest BCUT2D eigenvalue weighted by molar-refractivity contribution is 7.99. The molecular formula is C13H23NO2S. The first kappa shape index (κ1) is 13.2. The molecule has 4 heteroatoms. The van der Waals surface area contributed by atoms with Gasteiger partial charge in [-0.3, -0.25) is 4.79 Å². The lowest BCUT2D eigenvalue weighted by molar-refractivity contribution is -0.142. The number of esters is 1. The zero-order valence-electron chi connectivity index (χ0n) is 10.6. The fourth-order valence-corrected chi connectivity index (χ4v) is 3.66. The molecule has 2 aliphatic carbocycles. The van der Waals surface area contributed by atoms with E-state index in [1.54, 1.807) is 0 Å². The predicted octanol–water partition coefficient (Wildman–Crippen LogP) is 2.20. The van der Waals surface area contributed by atoms with Crippen LogP contribution < -0.4 is 5.32 Å². The van der Waals surface area contributed by atoms with Crippen LogP contribution in [0, 0.1) is 5.92 Å². The van der Waals surface area contributed by atoms with Gasteiger partial charge in [-0.2, -0.15) is 11.8 Å². The molecule has 17 heavy (non-hydrogen) atoms. The molecule has 0 aromatic rings. The minimum Gasteiger partial charge on any atom is -0.468 e. The first-order chi connectivity index (χ1) is 8.29. The van der Waals surface area contributed by atoms with Crippen LogP contribution in [0.15, 0.2) is 0 Å². The van der Waals surface area contributed by atoms with E-state index in [9.17, 15) is 4.79 Å². The fourth-order valence-electron chi connectivity index (χ4n) is 2.39. The van der Waals surface area contributed by atoms with E-state index in [1.165, 1.54) is 51.4 Å². The van der Waals surface area contributed by atoms with E-state index in [-0.39, 0.29) is 12.0 Å². The van der Waals surface area contributed by atoms with Gasteiger partial charge in [0.05, 0.1) is 7.11 Å². The van der Waals surface area contributed by atoms with Gasteiger partial charge in [0.25, 0.3) is 0 Å². The summed E-state index contributed by atoms with van der Waals surface area (Å²) in [5.41, 5.74) is 0. The maximum absolute atomic E-state index is 11.6. The minimum absolute atomic E-state index is 0.0982. The van der Waals surface area contributed by atoms with Crippen molar-refractivity contribution in [3.8, 4) is 0 Å². The van der Waals surface area contributed by atoms with Crippen LogP contribution in [-0.2, 0) is 9.53 Å². The molecular weight excluding hydrogens is 234 g/mol. The van der Waals surface area contributed by atoms with Gasteiger partial charge in [-0.1, -0.05) is 12.8 Å². The van der Waals surface area contributed by atoms with Crippen molar-refractivity contribution >= 4 is 17.7 Å². The molecule has 0 radical (unpaired) electrons. The summed E-state index contributed by atoms with van der Waals surface area (Å²) in [6.07, 6.45) is 7.97. The van der Waals surface area contributed by atoms with Crippen molar-refractivity contribution in [3.63, 3.8) is 0 Å². The fraction of sp³-hybridized carbons (Fsp3) is 0.923. The molecule has 2 rings (SSSR count). The third kappa shape index (κ3) is 4.51. The number of ether oxygens (including phenoxy) is 1. The minimum atomic E-state index is -0.101. The van der Waals surface area contributed by atoms with Crippen LogP contribution >= 0.6 is 11.8 Å². The Morgan fingerprint density at radius 3 is 2.65 bits per heavy atom. The monoisotopic (exact) mass is 257 g/mol. The van der Waals surface area contributed by atoms with Gasteiger partial charge in [-0.05, 0) is 37.4 Å². The largest absolute Gasteiger partial charge is 0.468 e. The van der Waals surface area contributed by atoms with E-state index in [0.717, 1.165) is 11.7 Å². The lowest BCUT2D eigenvalue weighted by Crippen LogP contribution is -2.41. The van der Waals surface area contributed by atoms with Crippen LogP contribution in [0.25, 0.3) is 0 Å². The van der Waals surface area contributed by atoms with Crippen LogP contribution in [0.5, 0.6) is 0 Å². The summed E-state index contributed by atoms with van der Waals surface area (Å²) >= 11 is 1.91. The maximum Gasteiger partial charge on any atom is 0.323 e. The van der Waals surface area contributed by atoms with Crippen molar-refractivity contribution in [2.24, 2.45) is 5.92 Å². The Hall–Kier alpha value is -0.220. The summed E-state index contributed by atoms with van der Waals surface area (Å²) < 4.78 is 4.85. The first-order valence-corrected chi connectivity index (χ1v) is 7.86. The molecule has 0 aliphatic heterocycles. The third-order valence-electron chi connectivity index (χ3n) is 3.61. The Bertz CT molecular complexity index is 250. The standard InChI is InChI=1S/C13H23NO2S/c1-16-13(15)12(14-11-6-7-11)9-17-8-10-4-2-3-5-10/h10-12,14H,2-9H2,1H3. The quantitative estimate of drug-likeness (QED) is 0.710. The molecule has 2 aliphatic rings. The topological polar surface area (TPSA) is 38.3 Å². The number of carbonyl (C=O) groups excluding carboxylic acids is 1. The summed E-state index contributed by atoms with van der Waals surface area (Å²) in [4.78, 5) is 11.6. The first-order valence-electron chi connectivity index (χ1n) is 6.71. The molecule has 2 saturated carbocycles. The van der Waals surface area contributed by atoms with Crippen molar-refractivity contribution in [2.75, 3.05) is 18.6 Å². The zero-order valence-corrected chi connectivity index (χ0v) is 11.4. The molecule has 1 atom stereocenters. The van der Waals surface area contributed by atoms with Gasteiger partial charge in [-0.15, -0.1) is 0 Å². The van der Waals surface area contributed by atoms with Crippen LogP contribution in [-0.4, -0.2) is 36.7 Å². The van der Waals surface area contributed by atoms with Crippen molar-refractivity contribution in [2.45, 2.75) is 50.6 Å². The van der Waals surface area contributed by atoms with Gasteiger partial charge in [0.2, 0.25) is 0 Å². The van der Waals surface area contributed by atoms with E-state index in [1.807, 2.05) is 11.8 Å². The second-order valence-electron chi connectivity index (χ2n) is 5.20. The molecule has 0 saturated heterocycles. The molecule has 0 heterocycles. The average molecular weight is 257 g/mol. The lowest BCUT2D eigenvalue weighted by atomic mass is 10.1. The number of methoxy groups -OCH3 is 1. The molecule has 3 nitrogen and oxygen atoms in total. The number of rotatable bonds is 7. The Labute approximate surface area is 108 Å². The smallest absolute Gasteiger partial charge is 0.323 e. The summed E-state index contributed by atoms with van der Waals surface area (Å²) in [5.74, 6) is 2.86. The Balaban J connectivity index is 1.66. The van der Waals surface area contributed by atoms with E-state index in [4.69, 9.17) is 4.74 Å². The van der Waals surface area contributed by atoms with E-state index in [2.05, 4.69) is 5.32 Å². The van der Waals surface area contributed by atoms with Gasteiger partial charge in [0, 0.05) is 11.8 Å². The summed E-state index contributed by atoms with van der Waals surface area (Å²) in [7, 11) is 1.48. The van der Waals surface area contributed by atoms with Crippen LogP contribution in [0.4, 0.5) is 0 Å². The molecule has 2 fully saturated rings. The number of hydrogen-bond acceptors (Lipinski definition) is 4. The Morgan fingerprint density at radius 1 is 1.35 bits per heavy atom. The molecule has 0 aromatic heterocycles. The number of carbonyl (C=O) groups is 1. The molecule has 0 bridgehead atoms. The predicted molar refractivity (Wildman–Crippen MR) is 71.2 cm³/mol. The average Bonchev–Trinajstić information content (AvgIpc) is 3.01. The molecule has 1 unspecified atom stereocenters. The molecule has 0 spiro atoms. The van der Waals surface area contributed by atoms with Gasteiger partial charge in [-0.25, -0.2) is 0 Å². The lowest BCUT2D eigenvalue weighted by Gasteiger charge is -2.16. The second-order valence-corrected chi connectivity index (χ2v) is 6.28. The zero-order chi connectivity index (χ0) is 12.1. The normalized spacial score (nSPS) is 22.6. The highest BCUT2D eigenvalue weighted by atomic mass is 32.2. The Morgan fingerprint density at radius 2 is 2.06 bits per heavy atom. The highest BCUT2D eigenvalue weighted by Crippen LogP contribution is 2.28. The van der Waals surface area contributed by atoms with Crippen molar-refractivity contribution < 1.29 is 9.53 Å². The maximum atomic E-state index is 11.6. The van der Waals surface area contributed by atoms with E-state index in [0.29, 0.717) is 6.04 Å². The molecule has 1 N–H and O–H groups in total. The van der Waals surface area contributed by atoms with Crippen LogP contribution in [0.2, 0.25) is 0 Å². The van der Waals surface area contributed by atoms with Crippen LogP contribution in [0.1, 0.15) is 38.5 Å². The van der Waals surface area contributed by atoms with Crippen molar-refractivity contribution in [3.05, 3.63) is 0 Å². The third-order valence-corrected chi connectivity index (χ3v) is 4.89. The van der Waals surface area contributed by atoms with Crippen molar-refractivity contribution in [1.29, 1.82) is 0 Å². The van der Waals surface area contributed by atoms with Gasteiger partial charge < -0.3 is 10.1 Å². The summed E-state index contributed by atoms with van der Waals surface area (Å²) in [6.45, 7) is 0. The number of nitrogens with one attached hydrogen (secondary N) is 1. The number of thioether (sulfide) groups is 1. The van der Waals surface area contributed by atoms with Gasteiger partial charge >= 0.3 is 5.97 Å². The van der Waals surface area contributed by atoms with Crippen LogP contribution in [0.3, 0.4) is 0 Å². The summed E-state index contributed by atoms with van der Waals surface area (Å²) in [5, 5.41) is 3.37. The van der Waals surface area contributed by atoms with Gasteiger partial charge in [0.15, 0.2) is 0 Å². The summed E-state index contributed by atoms with van der Waals surface area (Å²) in [6, 6.07) is 0.463. The van der Waals surface area contributed by atoms with E-state index < -0.39 is 0 Å². The SMILES string of the molecule is COC(=O)C(CSCC1CCCC1)NC1CC1.